The van der Waals surface area contributed by atoms with Crippen molar-refractivity contribution in [3.63, 3.8) is 0 Å². The number of carbonyl (C=O) groups is 1. The van der Waals surface area contributed by atoms with Crippen LogP contribution >= 0.6 is 23.4 Å². The molecule has 19 heavy (non-hydrogen) atoms. The van der Waals surface area contributed by atoms with E-state index in [-0.39, 0.29) is 5.91 Å². The third-order valence-corrected chi connectivity index (χ3v) is 3.35. The highest BCUT2D eigenvalue weighted by molar-refractivity contribution is 7.98. The van der Waals surface area contributed by atoms with Gasteiger partial charge >= 0.3 is 0 Å². The maximum atomic E-state index is 11.9. The van der Waals surface area contributed by atoms with Gasteiger partial charge in [0.05, 0.1) is 18.3 Å². The second kappa shape index (κ2) is 8.30. The summed E-state index contributed by atoms with van der Waals surface area (Å²) < 4.78 is 5.44. The molecule has 0 fully saturated rings. The molecular formula is C13H19ClN2O2S. The van der Waals surface area contributed by atoms with E-state index in [4.69, 9.17) is 22.1 Å². The standard InChI is InChI=1S/C13H19ClN2O2S/c1-3-18-12-5-4-9(14)8-11(12)16-13(17)10(15)6-7-19-2/h4-5,8,10H,3,6-7,15H2,1-2H3,(H,16,17)/t10-/m1/s1. The Morgan fingerprint density at radius 3 is 2.95 bits per heavy atom. The molecular weight excluding hydrogens is 284 g/mol. The molecule has 6 heteroatoms. The van der Waals surface area contributed by atoms with Crippen LogP contribution in [0.3, 0.4) is 0 Å². The van der Waals surface area contributed by atoms with Gasteiger partial charge in [-0.1, -0.05) is 11.6 Å². The van der Waals surface area contributed by atoms with Gasteiger partial charge in [-0.25, -0.2) is 0 Å². The average Bonchev–Trinajstić information content (AvgIpc) is 2.39. The zero-order chi connectivity index (χ0) is 14.3. The lowest BCUT2D eigenvalue weighted by atomic mass is 10.2. The van der Waals surface area contributed by atoms with Gasteiger partial charge in [0, 0.05) is 5.02 Å². The molecule has 0 aromatic heterocycles. The van der Waals surface area contributed by atoms with Gasteiger partial charge < -0.3 is 15.8 Å². The number of anilines is 1. The van der Waals surface area contributed by atoms with E-state index in [1.165, 1.54) is 0 Å². The largest absolute Gasteiger partial charge is 0.492 e. The van der Waals surface area contributed by atoms with Gasteiger partial charge in [-0.2, -0.15) is 11.8 Å². The lowest BCUT2D eigenvalue weighted by molar-refractivity contribution is -0.117. The molecule has 0 aliphatic rings. The summed E-state index contributed by atoms with van der Waals surface area (Å²) in [4.78, 5) is 11.9. The fourth-order valence-corrected chi connectivity index (χ4v) is 2.14. The third kappa shape index (κ3) is 5.30. The van der Waals surface area contributed by atoms with Gasteiger partial charge in [0.25, 0.3) is 0 Å². The van der Waals surface area contributed by atoms with Crippen LogP contribution < -0.4 is 15.8 Å². The average molecular weight is 303 g/mol. The van der Waals surface area contributed by atoms with Crippen molar-refractivity contribution in [1.82, 2.24) is 0 Å². The number of halogens is 1. The summed E-state index contributed by atoms with van der Waals surface area (Å²) in [6.07, 6.45) is 2.62. The number of rotatable bonds is 7. The van der Waals surface area contributed by atoms with Gasteiger partial charge in [-0.05, 0) is 43.6 Å². The first-order valence-corrected chi connectivity index (χ1v) is 7.83. The molecule has 0 spiro atoms. The third-order valence-electron chi connectivity index (χ3n) is 2.47. The Balaban J connectivity index is 2.74. The highest BCUT2D eigenvalue weighted by Crippen LogP contribution is 2.28. The van der Waals surface area contributed by atoms with Gasteiger partial charge in [0.1, 0.15) is 5.75 Å². The monoisotopic (exact) mass is 302 g/mol. The zero-order valence-corrected chi connectivity index (χ0v) is 12.7. The number of ether oxygens (including phenoxy) is 1. The Hall–Kier alpha value is -0.910. The van der Waals surface area contributed by atoms with E-state index in [1.54, 1.807) is 30.0 Å². The Morgan fingerprint density at radius 1 is 1.58 bits per heavy atom. The number of nitrogens with two attached hydrogens (primary N) is 1. The number of nitrogens with one attached hydrogen (secondary N) is 1. The Bertz CT molecular complexity index is 429. The van der Waals surface area contributed by atoms with Crippen LogP contribution in [0.1, 0.15) is 13.3 Å². The number of thioether (sulfide) groups is 1. The van der Waals surface area contributed by atoms with Crippen LogP contribution in [-0.4, -0.2) is 30.6 Å². The lowest BCUT2D eigenvalue weighted by Crippen LogP contribution is -2.36. The second-order valence-corrected chi connectivity index (χ2v) is 5.37. The quantitative estimate of drug-likeness (QED) is 0.813. The molecule has 0 unspecified atom stereocenters. The molecule has 1 rings (SSSR count). The topological polar surface area (TPSA) is 64.3 Å². The molecule has 1 aromatic carbocycles. The summed E-state index contributed by atoms with van der Waals surface area (Å²) >= 11 is 7.58. The summed E-state index contributed by atoms with van der Waals surface area (Å²) in [5.41, 5.74) is 6.37. The lowest BCUT2D eigenvalue weighted by Gasteiger charge is -2.15. The molecule has 1 atom stereocenters. The van der Waals surface area contributed by atoms with Crippen LogP contribution in [-0.2, 0) is 4.79 Å². The number of hydrogen-bond acceptors (Lipinski definition) is 4. The van der Waals surface area contributed by atoms with Crippen LogP contribution in [0.2, 0.25) is 5.02 Å². The van der Waals surface area contributed by atoms with Crippen molar-refractivity contribution in [2.45, 2.75) is 19.4 Å². The van der Waals surface area contributed by atoms with Gasteiger partial charge in [0.2, 0.25) is 5.91 Å². The van der Waals surface area contributed by atoms with Crippen LogP contribution in [0.25, 0.3) is 0 Å². The number of benzene rings is 1. The molecule has 0 saturated carbocycles. The molecule has 0 aliphatic heterocycles. The van der Waals surface area contributed by atoms with Crippen molar-refractivity contribution < 1.29 is 9.53 Å². The molecule has 0 bridgehead atoms. The summed E-state index contributed by atoms with van der Waals surface area (Å²) in [6.45, 7) is 2.40. The summed E-state index contributed by atoms with van der Waals surface area (Å²) in [5, 5.41) is 3.30. The number of amides is 1. The van der Waals surface area contributed by atoms with Crippen LogP contribution in [0.15, 0.2) is 18.2 Å². The Morgan fingerprint density at radius 2 is 2.32 bits per heavy atom. The predicted molar refractivity (Wildman–Crippen MR) is 82.2 cm³/mol. The normalized spacial score (nSPS) is 12.0. The summed E-state index contributed by atoms with van der Waals surface area (Å²) in [6, 6.07) is 4.58. The molecule has 0 saturated heterocycles. The maximum absolute atomic E-state index is 11.9. The van der Waals surface area contributed by atoms with E-state index in [0.717, 1.165) is 5.75 Å². The molecule has 1 amide bonds. The molecule has 3 N–H and O–H groups in total. The molecule has 1 aromatic rings. The number of hydrogen-bond donors (Lipinski definition) is 2. The van der Waals surface area contributed by atoms with E-state index in [0.29, 0.717) is 29.5 Å². The fourth-order valence-electron chi connectivity index (χ4n) is 1.48. The highest BCUT2D eigenvalue weighted by atomic mass is 35.5. The summed E-state index contributed by atoms with van der Waals surface area (Å²) in [7, 11) is 0. The van der Waals surface area contributed by atoms with Crippen molar-refractivity contribution in [2.75, 3.05) is 23.9 Å². The smallest absolute Gasteiger partial charge is 0.241 e. The molecule has 0 radical (unpaired) electrons. The first-order chi connectivity index (χ1) is 9.08. The van der Waals surface area contributed by atoms with E-state index < -0.39 is 6.04 Å². The fraction of sp³-hybridized carbons (Fsp3) is 0.462. The van der Waals surface area contributed by atoms with Crippen molar-refractivity contribution in [3.8, 4) is 5.75 Å². The Kier molecular flexibility index (Phi) is 7.05. The van der Waals surface area contributed by atoms with Gasteiger partial charge in [-0.3, -0.25) is 4.79 Å². The van der Waals surface area contributed by atoms with Crippen molar-refractivity contribution >= 4 is 35.0 Å². The predicted octanol–water partition coefficient (Wildman–Crippen LogP) is 2.76. The number of carbonyl (C=O) groups excluding carboxylic acids is 1. The van der Waals surface area contributed by atoms with Crippen LogP contribution in [0.4, 0.5) is 5.69 Å². The molecule has 0 aliphatic carbocycles. The van der Waals surface area contributed by atoms with E-state index in [1.807, 2.05) is 13.2 Å². The first kappa shape index (κ1) is 16.1. The zero-order valence-electron chi connectivity index (χ0n) is 11.1. The minimum atomic E-state index is -0.527. The maximum Gasteiger partial charge on any atom is 0.241 e. The van der Waals surface area contributed by atoms with Crippen LogP contribution in [0.5, 0.6) is 5.75 Å². The van der Waals surface area contributed by atoms with E-state index >= 15 is 0 Å². The SMILES string of the molecule is CCOc1ccc(Cl)cc1NC(=O)[C@H](N)CCSC. The first-order valence-electron chi connectivity index (χ1n) is 6.06. The van der Waals surface area contributed by atoms with E-state index in [2.05, 4.69) is 5.32 Å². The van der Waals surface area contributed by atoms with Crippen molar-refractivity contribution in [2.24, 2.45) is 5.73 Å². The van der Waals surface area contributed by atoms with E-state index in [9.17, 15) is 4.79 Å². The van der Waals surface area contributed by atoms with Crippen molar-refractivity contribution in [3.05, 3.63) is 23.2 Å². The van der Waals surface area contributed by atoms with Gasteiger partial charge in [0.15, 0.2) is 0 Å². The van der Waals surface area contributed by atoms with Crippen molar-refractivity contribution in [1.29, 1.82) is 0 Å². The molecule has 4 nitrogen and oxygen atoms in total. The van der Waals surface area contributed by atoms with Gasteiger partial charge in [-0.15, -0.1) is 0 Å². The minimum Gasteiger partial charge on any atom is -0.492 e. The summed E-state index contributed by atoms with van der Waals surface area (Å²) in [5.74, 6) is 1.22. The second-order valence-electron chi connectivity index (χ2n) is 3.95. The van der Waals surface area contributed by atoms with Crippen LogP contribution in [0, 0.1) is 0 Å². The molecule has 106 valence electrons. The minimum absolute atomic E-state index is 0.225. The highest BCUT2D eigenvalue weighted by Gasteiger charge is 2.15. The Labute approximate surface area is 123 Å². The molecule has 0 heterocycles.